The summed E-state index contributed by atoms with van der Waals surface area (Å²) in [5.41, 5.74) is 2.75. The number of benzene rings is 1. The summed E-state index contributed by atoms with van der Waals surface area (Å²) < 4.78 is 1.89. The summed E-state index contributed by atoms with van der Waals surface area (Å²) in [6.07, 6.45) is 0. The van der Waals surface area contributed by atoms with Crippen LogP contribution in [-0.2, 0) is 0 Å². The zero-order chi connectivity index (χ0) is 12.4. The maximum absolute atomic E-state index is 2.26. The molecule has 1 aromatic rings. The molecular weight excluding hydrogens is 196 g/mol. The van der Waals surface area contributed by atoms with Crippen molar-refractivity contribution >= 4 is 11.4 Å². The van der Waals surface area contributed by atoms with Gasteiger partial charge in [-0.2, -0.15) is 0 Å². The minimum absolute atomic E-state index is 0.944. The Morgan fingerprint density at radius 2 is 0.938 bits per heavy atom. The van der Waals surface area contributed by atoms with E-state index >= 15 is 0 Å². The molecule has 0 aliphatic heterocycles. The number of rotatable bonds is 4. The lowest BCUT2D eigenvalue weighted by atomic mass is 10.2. The molecule has 0 aromatic heterocycles. The van der Waals surface area contributed by atoms with Crippen LogP contribution in [0.3, 0.4) is 0 Å². The monoisotopic (exact) mass is 222 g/mol. The molecule has 0 radical (unpaired) electrons. The molecule has 0 N–H and O–H groups in total. The van der Waals surface area contributed by atoms with Gasteiger partial charge >= 0.3 is 0 Å². The molecule has 0 heterocycles. The summed E-state index contributed by atoms with van der Waals surface area (Å²) >= 11 is 0. The highest BCUT2D eigenvalue weighted by atomic mass is 15.3. The third-order valence-corrected chi connectivity index (χ3v) is 3.83. The van der Waals surface area contributed by atoms with Crippen LogP contribution < -0.4 is 8.97 Å². The standard InChI is InChI=1S/C14H26N2/c1-7-15(3,4)13-9-11-14(12-10-13)16(5,6)8-2/h9-12H,7-8H2,1-6H3/q+2. The Hall–Kier alpha value is -0.860. The smallest absolute Gasteiger partial charge is 0.132 e. The Morgan fingerprint density at radius 3 is 1.12 bits per heavy atom. The minimum atomic E-state index is 0.944. The zero-order valence-electron chi connectivity index (χ0n) is 11.6. The summed E-state index contributed by atoms with van der Waals surface area (Å²) in [5.74, 6) is 0. The summed E-state index contributed by atoms with van der Waals surface area (Å²) in [5, 5.41) is 0. The Balaban J connectivity index is 3.00. The van der Waals surface area contributed by atoms with E-state index in [-0.39, 0.29) is 0 Å². The van der Waals surface area contributed by atoms with Crippen molar-refractivity contribution in [2.45, 2.75) is 13.8 Å². The van der Waals surface area contributed by atoms with Crippen molar-refractivity contribution < 1.29 is 0 Å². The van der Waals surface area contributed by atoms with Gasteiger partial charge in [-0.1, -0.05) is 0 Å². The van der Waals surface area contributed by atoms with Gasteiger partial charge in [0.15, 0.2) is 0 Å². The molecule has 0 saturated carbocycles. The van der Waals surface area contributed by atoms with Crippen LogP contribution in [0, 0.1) is 0 Å². The normalized spacial score (nSPS) is 12.9. The van der Waals surface area contributed by atoms with Crippen LogP contribution in [0.25, 0.3) is 0 Å². The molecule has 90 valence electrons. The van der Waals surface area contributed by atoms with Crippen molar-refractivity contribution in [2.24, 2.45) is 0 Å². The Labute approximate surface area is 100 Å². The molecule has 0 spiro atoms. The van der Waals surface area contributed by atoms with E-state index in [1.807, 2.05) is 0 Å². The minimum Gasteiger partial charge on any atom is -0.296 e. The van der Waals surface area contributed by atoms with Gasteiger partial charge in [-0.15, -0.1) is 0 Å². The zero-order valence-corrected chi connectivity index (χ0v) is 11.6. The molecule has 0 aliphatic rings. The third-order valence-electron chi connectivity index (χ3n) is 3.83. The Bertz CT molecular complexity index is 301. The lowest BCUT2D eigenvalue weighted by Crippen LogP contribution is -2.41. The van der Waals surface area contributed by atoms with E-state index in [0.29, 0.717) is 0 Å². The van der Waals surface area contributed by atoms with Gasteiger partial charge in [0.25, 0.3) is 0 Å². The molecule has 0 fully saturated rings. The first-order valence-corrected chi connectivity index (χ1v) is 6.10. The van der Waals surface area contributed by atoms with Gasteiger partial charge < -0.3 is 0 Å². The van der Waals surface area contributed by atoms with Crippen molar-refractivity contribution in [3.63, 3.8) is 0 Å². The van der Waals surface area contributed by atoms with Crippen LogP contribution in [0.5, 0.6) is 0 Å². The van der Waals surface area contributed by atoms with E-state index in [0.717, 1.165) is 22.1 Å². The molecule has 16 heavy (non-hydrogen) atoms. The maximum atomic E-state index is 2.26. The summed E-state index contributed by atoms with van der Waals surface area (Å²) in [6.45, 7) is 6.68. The topological polar surface area (TPSA) is 0 Å². The van der Waals surface area contributed by atoms with Gasteiger partial charge in [-0.25, -0.2) is 0 Å². The van der Waals surface area contributed by atoms with Gasteiger partial charge in [0.2, 0.25) is 0 Å². The molecule has 0 unspecified atom stereocenters. The third kappa shape index (κ3) is 2.63. The first kappa shape index (κ1) is 13.2. The van der Waals surface area contributed by atoms with Crippen LogP contribution in [-0.4, -0.2) is 41.3 Å². The highest BCUT2D eigenvalue weighted by Gasteiger charge is 2.20. The fourth-order valence-electron chi connectivity index (χ4n) is 1.62. The summed E-state index contributed by atoms with van der Waals surface area (Å²) in [4.78, 5) is 0. The predicted octanol–water partition coefficient (Wildman–Crippen LogP) is 2.86. The summed E-state index contributed by atoms with van der Waals surface area (Å²) in [7, 11) is 8.98. The molecular formula is C14H26N2+2. The molecule has 2 nitrogen and oxygen atoms in total. The van der Waals surface area contributed by atoms with E-state index < -0.39 is 0 Å². The predicted molar refractivity (Wildman–Crippen MR) is 74.8 cm³/mol. The molecule has 0 saturated heterocycles. The number of hydrogen-bond donors (Lipinski definition) is 0. The molecule has 0 atom stereocenters. The second-order valence-electron chi connectivity index (χ2n) is 5.52. The maximum Gasteiger partial charge on any atom is 0.132 e. The summed E-state index contributed by atoms with van der Waals surface area (Å²) in [6, 6.07) is 9.03. The van der Waals surface area contributed by atoms with E-state index in [9.17, 15) is 0 Å². The van der Waals surface area contributed by atoms with E-state index in [1.54, 1.807) is 0 Å². The second-order valence-corrected chi connectivity index (χ2v) is 5.52. The van der Waals surface area contributed by atoms with Crippen LogP contribution in [0.15, 0.2) is 24.3 Å². The van der Waals surface area contributed by atoms with Crippen molar-refractivity contribution in [3.8, 4) is 0 Å². The fraction of sp³-hybridized carbons (Fsp3) is 0.571. The molecule has 0 amide bonds. The van der Waals surface area contributed by atoms with Crippen LogP contribution >= 0.6 is 0 Å². The first-order chi connectivity index (χ1) is 7.33. The van der Waals surface area contributed by atoms with Gasteiger partial charge in [0.1, 0.15) is 11.4 Å². The number of hydrogen-bond acceptors (Lipinski definition) is 0. The largest absolute Gasteiger partial charge is 0.296 e. The van der Waals surface area contributed by atoms with Gasteiger partial charge in [0.05, 0.1) is 41.3 Å². The SMILES string of the molecule is CC[N+](C)(C)c1ccc([N+](C)(C)CC)cc1. The van der Waals surface area contributed by atoms with Crippen LogP contribution in [0.1, 0.15) is 13.8 Å². The van der Waals surface area contributed by atoms with Crippen LogP contribution in [0.2, 0.25) is 0 Å². The van der Waals surface area contributed by atoms with Gasteiger partial charge in [-0.05, 0) is 13.8 Å². The lowest BCUT2D eigenvalue weighted by Gasteiger charge is -2.30. The highest BCUT2D eigenvalue weighted by Crippen LogP contribution is 2.25. The van der Waals surface area contributed by atoms with Crippen molar-refractivity contribution in [2.75, 3.05) is 41.3 Å². The average molecular weight is 222 g/mol. The van der Waals surface area contributed by atoms with Gasteiger partial charge in [0, 0.05) is 24.3 Å². The Morgan fingerprint density at radius 1 is 0.688 bits per heavy atom. The fourth-order valence-corrected chi connectivity index (χ4v) is 1.62. The lowest BCUT2D eigenvalue weighted by molar-refractivity contribution is 0.413. The molecule has 0 aliphatic carbocycles. The quantitative estimate of drug-likeness (QED) is 0.687. The molecule has 1 rings (SSSR count). The van der Waals surface area contributed by atoms with E-state index in [1.165, 1.54) is 11.4 Å². The first-order valence-electron chi connectivity index (χ1n) is 6.10. The average Bonchev–Trinajstić information content (AvgIpc) is 2.29. The van der Waals surface area contributed by atoms with Crippen molar-refractivity contribution in [3.05, 3.63) is 24.3 Å². The molecule has 1 aromatic carbocycles. The van der Waals surface area contributed by atoms with Crippen LogP contribution in [0.4, 0.5) is 11.4 Å². The molecule has 2 heteroatoms. The van der Waals surface area contributed by atoms with Crippen molar-refractivity contribution in [1.29, 1.82) is 0 Å². The van der Waals surface area contributed by atoms with Gasteiger partial charge in [-0.3, -0.25) is 8.97 Å². The van der Waals surface area contributed by atoms with Crippen molar-refractivity contribution in [1.82, 2.24) is 8.97 Å². The number of nitrogens with zero attached hydrogens (tertiary/aromatic N) is 2. The number of quaternary nitrogens is 2. The second kappa shape index (κ2) is 4.56. The highest BCUT2D eigenvalue weighted by molar-refractivity contribution is 5.52. The van der Waals surface area contributed by atoms with E-state index in [2.05, 4.69) is 66.3 Å². The Kier molecular flexibility index (Phi) is 3.76. The molecule has 0 bridgehead atoms. The van der Waals surface area contributed by atoms with E-state index in [4.69, 9.17) is 0 Å².